The zero-order chi connectivity index (χ0) is 14.7. The number of nitrogens with one attached hydrogen (secondary N) is 1. The van der Waals surface area contributed by atoms with Crippen molar-refractivity contribution in [2.24, 2.45) is 0 Å². The Morgan fingerprint density at radius 3 is 2.95 bits per heavy atom. The molecule has 0 radical (unpaired) electrons. The van der Waals surface area contributed by atoms with E-state index in [4.69, 9.17) is 11.6 Å². The summed E-state index contributed by atoms with van der Waals surface area (Å²) in [7, 11) is 0. The Morgan fingerprint density at radius 2 is 2.10 bits per heavy atom. The van der Waals surface area contributed by atoms with Crippen molar-refractivity contribution in [2.75, 3.05) is 6.54 Å². The van der Waals surface area contributed by atoms with Gasteiger partial charge in [-0.3, -0.25) is 4.40 Å². The molecular weight excluding hydrogens is 291 g/mol. The topological polar surface area (TPSA) is 42.2 Å². The highest BCUT2D eigenvalue weighted by atomic mass is 35.5. The molecular formula is C15H14ClFN4. The van der Waals surface area contributed by atoms with Crippen LogP contribution < -0.4 is 5.32 Å². The van der Waals surface area contributed by atoms with E-state index >= 15 is 0 Å². The fourth-order valence-corrected chi connectivity index (χ4v) is 2.38. The average Bonchev–Trinajstić information content (AvgIpc) is 2.89. The minimum Gasteiger partial charge on any atom is -0.312 e. The van der Waals surface area contributed by atoms with Crippen LogP contribution in [0, 0.1) is 5.82 Å². The summed E-state index contributed by atoms with van der Waals surface area (Å²) in [5.74, 6) is 0.585. The van der Waals surface area contributed by atoms with Gasteiger partial charge >= 0.3 is 0 Å². The maximum absolute atomic E-state index is 12.9. The first-order chi connectivity index (χ1) is 10.2. The van der Waals surface area contributed by atoms with Gasteiger partial charge in [0.1, 0.15) is 11.6 Å². The molecule has 0 bridgehead atoms. The van der Waals surface area contributed by atoms with Gasteiger partial charge in [0.2, 0.25) is 0 Å². The smallest absolute Gasteiger partial charge is 0.160 e. The molecule has 0 amide bonds. The molecule has 1 N–H and O–H groups in total. The number of pyridine rings is 1. The van der Waals surface area contributed by atoms with Gasteiger partial charge in [-0.05, 0) is 29.8 Å². The van der Waals surface area contributed by atoms with Crippen LogP contribution in [0.2, 0.25) is 5.02 Å². The van der Waals surface area contributed by atoms with Crippen molar-refractivity contribution >= 4 is 17.2 Å². The molecule has 0 aliphatic rings. The van der Waals surface area contributed by atoms with E-state index < -0.39 is 0 Å². The van der Waals surface area contributed by atoms with Gasteiger partial charge in [-0.2, -0.15) is 0 Å². The highest BCUT2D eigenvalue weighted by Crippen LogP contribution is 2.16. The third kappa shape index (κ3) is 3.20. The number of hydrogen-bond donors (Lipinski definition) is 1. The Morgan fingerprint density at radius 1 is 1.19 bits per heavy atom. The van der Waals surface area contributed by atoms with Crippen molar-refractivity contribution in [3.8, 4) is 0 Å². The quantitative estimate of drug-likeness (QED) is 0.737. The van der Waals surface area contributed by atoms with E-state index in [0.29, 0.717) is 11.6 Å². The Hall–Kier alpha value is -1.98. The second kappa shape index (κ2) is 6.20. The van der Waals surface area contributed by atoms with Crippen LogP contribution in [-0.2, 0) is 13.0 Å². The van der Waals surface area contributed by atoms with Crippen LogP contribution in [0.3, 0.4) is 0 Å². The second-order valence-electron chi connectivity index (χ2n) is 4.71. The van der Waals surface area contributed by atoms with Gasteiger partial charge in [-0.25, -0.2) is 4.39 Å². The molecule has 2 aromatic heterocycles. The lowest BCUT2D eigenvalue weighted by atomic mass is 10.2. The molecule has 0 aliphatic heterocycles. The second-order valence-corrected chi connectivity index (χ2v) is 5.11. The van der Waals surface area contributed by atoms with Gasteiger partial charge in [0.05, 0.1) is 0 Å². The summed E-state index contributed by atoms with van der Waals surface area (Å²) in [4.78, 5) is 0. The van der Waals surface area contributed by atoms with E-state index in [-0.39, 0.29) is 5.82 Å². The van der Waals surface area contributed by atoms with Crippen molar-refractivity contribution in [2.45, 2.75) is 13.0 Å². The molecule has 0 fully saturated rings. The summed E-state index contributed by atoms with van der Waals surface area (Å²) < 4.78 is 14.9. The van der Waals surface area contributed by atoms with Crippen LogP contribution in [0.25, 0.3) is 5.65 Å². The number of fused-ring (bicyclic) bond motifs is 1. The Labute approximate surface area is 126 Å². The average molecular weight is 305 g/mol. The summed E-state index contributed by atoms with van der Waals surface area (Å²) in [6.45, 7) is 1.33. The zero-order valence-electron chi connectivity index (χ0n) is 11.3. The largest absolute Gasteiger partial charge is 0.312 e. The van der Waals surface area contributed by atoms with Crippen molar-refractivity contribution in [1.29, 1.82) is 0 Å². The molecule has 0 aliphatic carbocycles. The molecule has 0 saturated carbocycles. The first-order valence-corrected chi connectivity index (χ1v) is 7.05. The summed E-state index contributed by atoms with van der Waals surface area (Å²) in [6.07, 6.45) is 2.70. The van der Waals surface area contributed by atoms with E-state index in [1.165, 1.54) is 12.1 Å². The van der Waals surface area contributed by atoms with Crippen LogP contribution in [0.5, 0.6) is 0 Å². The van der Waals surface area contributed by atoms with E-state index in [2.05, 4.69) is 15.5 Å². The minimum atomic E-state index is -0.321. The molecule has 21 heavy (non-hydrogen) atoms. The lowest BCUT2D eigenvalue weighted by Crippen LogP contribution is -2.18. The minimum absolute atomic E-state index is 0.321. The third-order valence-electron chi connectivity index (χ3n) is 3.24. The lowest BCUT2D eigenvalue weighted by molar-refractivity contribution is 0.624. The van der Waals surface area contributed by atoms with Gasteiger partial charge in [0, 0.05) is 30.7 Å². The maximum atomic E-state index is 12.9. The summed E-state index contributed by atoms with van der Waals surface area (Å²) in [5, 5.41) is 12.0. The van der Waals surface area contributed by atoms with Crippen LogP contribution in [0.15, 0.2) is 42.6 Å². The number of rotatable bonds is 5. The molecule has 108 valence electrons. The molecule has 0 atom stereocenters. The predicted molar refractivity (Wildman–Crippen MR) is 79.8 cm³/mol. The van der Waals surface area contributed by atoms with Crippen LogP contribution in [0.1, 0.15) is 11.4 Å². The number of aromatic nitrogens is 3. The number of halogens is 2. The lowest BCUT2D eigenvalue weighted by Gasteiger charge is -2.06. The molecule has 3 aromatic rings. The SMILES string of the molecule is Fc1ccc(CNCCc2nnc3ccccn23)c(Cl)c1. The van der Waals surface area contributed by atoms with Gasteiger partial charge in [0.25, 0.3) is 0 Å². The summed E-state index contributed by atoms with van der Waals surface area (Å²) in [5.41, 5.74) is 1.72. The molecule has 0 saturated heterocycles. The first-order valence-electron chi connectivity index (χ1n) is 6.67. The Bertz CT molecular complexity index is 756. The predicted octanol–water partition coefficient (Wildman–Crippen LogP) is 2.85. The molecule has 0 unspecified atom stereocenters. The monoisotopic (exact) mass is 304 g/mol. The summed E-state index contributed by atoms with van der Waals surface area (Å²) >= 11 is 5.98. The van der Waals surface area contributed by atoms with E-state index in [1.807, 2.05) is 28.8 Å². The van der Waals surface area contributed by atoms with Crippen molar-refractivity contribution in [3.05, 3.63) is 64.8 Å². The van der Waals surface area contributed by atoms with Crippen molar-refractivity contribution in [1.82, 2.24) is 19.9 Å². The third-order valence-corrected chi connectivity index (χ3v) is 3.59. The highest BCUT2D eigenvalue weighted by Gasteiger charge is 2.05. The molecule has 0 spiro atoms. The van der Waals surface area contributed by atoms with Crippen molar-refractivity contribution in [3.63, 3.8) is 0 Å². The van der Waals surface area contributed by atoms with Gasteiger partial charge in [0.15, 0.2) is 5.65 Å². The molecule has 3 rings (SSSR count). The normalized spacial score (nSPS) is 11.1. The molecule has 4 nitrogen and oxygen atoms in total. The molecule has 6 heteroatoms. The fourth-order valence-electron chi connectivity index (χ4n) is 2.15. The zero-order valence-corrected chi connectivity index (χ0v) is 12.0. The Kier molecular flexibility index (Phi) is 4.13. The van der Waals surface area contributed by atoms with Crippen LogP contribution in [-0.4, -0.2) is 21.1 Å². The van der Waals surface area contributed by atoms with Crippen LogP contribution >= 0.6 is 11.6 Å². The highest BCUT2D eigenvalue weighted by molar-refractivity contribution is 6.31. The van der Waals surface area contributed by atoms with Gasteiger partial charge in [-0.15, -0.1) is 10.2 Å². The number of hydrogen-bond acceptors (Lipinski definition) is 3. The van der Waals surface area contributed by atoms with E-state index in [9.17, 15) is 4.39 Å². The fraction of sp³-hybridized carbons (Fsp3) is 0.200. The van der Waals surface area contributed by atoms with Gasteiger partial charge < -0.3 is 5.32 Å². The van der Waals surface area contributed by atoms with E-state index in [0.717, 1.165) is 30.0 Å². The van der Waals surface area contributed by atoms with Crippen molar-refractivity contribution < 1.29 is 4.39 Å². The number of benzene rings is 1. The molecule has 1 aromatic carbocycles. The Balaban J connectivity index is 1.57. The van der Waals surface area contributed by atoms with Gasteiger partial charge in [-0.1, -0.05) is 23.7 Å². The van der Waals surface area contributed by atoms with E-state index in [1.54, 1.807) is 6.07 Å². The number of nitrogens with zero attached hydrogens (tertiary/aromatic N) is 3. The molecule has 2 heterocycles. The standard InChI is InChI=1S/C15H14ClFN4/c16-13-9-12(17)5-4-11(13)10-18-7-6-15-20-19-14-3-1-2-8-21(14)15/h1-5,8-9,18H,6-7,10H2. The van der Waals surface area contributed by atoms with Crippen LogP contribution in [0.4, 0.5) is 4.39 Å². The summed E-state index contributed by atoms with van der Waals surface area (Å²) in [6, 6.07) is 10.2. The first kappa shape index (κ1) is 14.0. The maximum Gasteiger partial charge on any atom is 0.160 e.